The topological polar surface area (TPSA) is 92.8 Å². The molecule has 0 unspecified atom stereocenters. The second kappa shape index (κ2) is 7.90. The molecule has 1 aliphatic carbocycles. The largest absolute Gasteiger partial charge is 0.451 e. The van der Waals surface area contributed by atoms with Gasteiger partial charge >= 0.3 is 5.97 Å². The lowest BCUT2D eigenvalue weighted by atomic mass is 10.1. The number of ether oxygens (including phenoxy) is 1. The number of hydrogen-bond acceptors (Lipinski definition) is 5. The van der Waals surface area contributed by atoms with Gasteiger partial charge in [-0.2, -0.15) is 0 Å². The SMILES string of the molecule is CC(C)[C@@H](OC(=O)CN1C(=O)c2ccccc2C1=O)C(=O)NC1CCCC1. The van der Waals surface area contributed by atoms with Crippen molar-refractivity contribution in [1.82, 2.24) is 10.2 Å². The molecule has 0 spiro atoms. The summed E-state index contributed by atoms with van der Waals surface area (Å²) in [5, 5.41) is 2.93. The molecule has 3 rings (SSSR count). The monoisotopic (exact) mass is 372 g/mol. The van der Waals surface area contributed by atoms with Gasteiger partial charge in [0.05, 0.1) is 11.1 Å². The normalized spacial score (nSPS) is 18.0. The first-order valence-electron chi connectivity index (χ1n) is 9.33. The van der Waals surface area contributed by atoms with Crippen LogP contribution in [0.15, 0.2) is 24.3 Å². The Balaban J connectivity index is 1.62. The Morgan fingerprint density at radius 2 is 1.67 bits per heavy atom. The van der Waals surface area contributed by atoms with Crippen LogP contribution < -0.4 is 5.32 Å². The van der Waals surface area contributed by atoms with E-state index in [0.29, 0.717) is 0 Å². The lowest BCUT2D eigenvalue weighted by molar-refractivity contribution is -0.159. The fourth-order valence-electron chi connectivity index (χ4n) is 3.54. The van der Waals surface area contributed by atoms with Crippen molar-refractivity contribution in [3.8, 4) is 0 Å². The summed E-state index contributed by atoms with van der Waals surface area (Å²) in [6.45, 7) is 3.06. The second-order valence-corrected chi connectivity index (χ2v) is 7.39. The van der Waals surface area contributed by atoms with Crippen molar-refractivity contribution in [2.75, 3.05) is 6.54 Å². The molecule has 1 heterocycles. The summed E-state index contributed by atoms with van der Waals surface area (Å²) in [5.74, 6) is -2.37. The average molecular weight is 372 g/mol. The Hall–Kier alpha value is -2.70. The van der Waals surface area contributed by atoms with Crippen LogP contribution >= 0.6 is 0 Å². The molecule has 0 saturated heterocycles. The van der Waals surface area contributed by atoms with Gasteiger partial charge in [0, 0.05) is 6.04 Å². The van der Waals surface area contributed by atoms with Gasteiger partial charge in [-0.25, -0.2) is 0 Å². The molecule has 0 radical (unpaired) electrons. The maximum absolute atomic E-state index is 12.5. The van der Waals surface area contributed by atoms with E-state index in [4.69, 9.17) is 4.74 Å². The molecule has 1 aliphatic heterocycles. The van der Waals surface area contributed by atoms with Crippen LogP contribution in [0.4, 0.5) is 0 Å². The van der Waals surface area contributed by atoms with Gasteiger partial charge < -0.3 is 10.1 Å². The number of amides is 3. The number of esters is 1. The molecular weight excluding hydrogens is 348 g/mol. The Bertz CT molecular complexity index is 732. The van der Waals surface area contributed by atoms with Crippen LogP contribution in [0.25, 0.3) is 0 Å². The van der Waals surface area contributed by atoms with E-state index in [1.807, 2.05) is 0 Å². The smallest absolute Gasteiger partial charge is 0.327 e. The molecule has 2 aliphatic rings. The highest BCUT2D eigenvalue weighted by molar-refractivity contribution is 6.22. The minimum Gasteiger partial charge on any atom is -0.451 e. The molecule has 1 aromatic rings. The van der Waals surface area contributed by atoms with E-state index in [0.717, 1.165) is 30.6 Å². The van der Waals surface area contributed by atoms with Crippen molar-refractivity contribution < 1.29 is 23.9 Å². The van der Waals surface area contributed by atoms with Gasteiger partial charge in [0.15, 0.2) is 6.10 Å². The molecule has 7 nitrogen and oxygen atoms in total. The van der Waals surface area contributed by atoms with Crippen LogP contribution in [0.3, 0.4) is 0 Å². The van der Waals surface area contributed by atoms with Crippen molar-refractivity contribution in [3.05, 3.63) is 35.4 Å². The first-order valence-corrected chi connectivity index (χ1v) is 9.33. The summed E-state index contributed by atoms with van der Waals surface area (Å²) in [5.41, 5.74) is 0.546. The highest BCUT2D eigenvalue weighted by atomic mass is 16.5. The molecule has 3 amide bonds. The summed E-state index contributed by atoms with van der Waals surface area (Å²) in [4.78, 5) is 50.4. The third-order valence-electron chi connectivity index (χ3n) is 4.99. The van der Waals surface area contributed by atoms with Crippen LogP contribution in [0.1, 0.15) is 60.2 Å². The molecule has 1 aromatic carbocycles. The van der Waals surface area contributed by atoms with Crippen molar-refractivity contribution >= 4 is 23.7 Å². The van der Waals surface area contributed by atoms with Gasteiger partial charge in [-0.3, -0.25) is 24.1 Å². The lowest BCUT2D eigenvalue weighted by Gasteiger charge is -2.23. The van der Waals surface area contributed by atoms with Gasteiger partial charge in [-0.15, -0.1) is 0 Å². The van der Waals surface area contributed by atoms with Crippen LogP contribution in [0, 0.1) is 5.92 Å². The molecule has 7 heteroatoms. The molecule has 0 bridgehead atoms. The number of hydrogen-bond donors (Lipinski definition) is 1. The van der Waals surface area contributed by atoms with Gasteiger partial charge in [0.25, 0.3) is 17.7 Å². The van der Waals surface area contributed by atoms with Crippen molar-refractivity contribution in [2.45, 2.75) is 51.7 Å². The molecule has 144 valence electrons. The fraction of sp³-hybridized carbons (Fsp3) is 0.500. The number of nitrogens with zero attached hydrogens (tertiary/aromatic N) is 1. The van der Waals surface area contributed by atoms with Crippen molar-refractivity contribution in [3.63, 3.8) is 0 Å². The number of carbonyl (C=O) groups is 4. The molecular formula is C20H24N2O5. The van der Waals surface area contributed by atoms with Crippen LogP contribution in [-0.4, -0.2) is 47.3 Å². The molecule has 1 N–H and O–H groups in total. The zero-order chi connectivity index (χ0) is 19.6. The molecule has 1 fully saturated rings. The number of imide groups is 1. The summed E-state index contributed by atoms with van der Waals surface area (Å²) in [6.07, 6.45) is 3.07. The quantitative estimate of drug-likeness (QED) is 0.608. The fourth-order valence-corrected chi connectivity index (χ4v) is 3.54. The van der Waals surface area contributed by atoms with Gasteiger partial charge in [0.1, 0.15) is 6.54 Å². The first-order chi connectivity index (χ1) is 12.9. The van der Waals surface area contributed by atoms with Crippen LogP contribution in [-0.2, 0) is 14.3 Å². The zero-order valence-corrected chi connectivity index (χ0v) is 15.6. The molecule has 1 saturated carbocycles. The van der Waals surface area contributed by atoms with E-state index in [1.54, 1.807) is 38.1 Å². The lowest BCUT2D eigenvalue weighted by Crippen LogP contribution is -2.46. The van der Waals surface area contributed by atoms with Crippen molar-refractivity contribution in [2.24, 2.45) is 5.92 Å². The minimum atomic E-state index is -0.951. The molecule has 27 heavy (non-hydrogen) atoms. The van der Waals surface area contributed by atoms with E-state index in [9.17, 15) is 19.2 Å². The van der Waals surface area contributed by atoms with Crippen LogP contribution in [0.2, 0.25) is 0 Å². The summed E-state index contributed by atoms with van der Waals surface area (Å²) in [7, 11) is 0. The van der Waals surface area contributed by atoms with Crippen molar-refractivity contribution in [1.29, 1.82) is 0 Å². The number of benzene rings is 1. The number of rotatable bonds is 6. The van der Waals surface area contributed by atoms with E-state index >= 15 is 0 Å². The maximum Gasteiger partial charge on any atom is 0.327 e. The van der Waals surface area contributed by atoms with Gasteiger partial charge in [-0.05, 0) is 30.9 Å². The molecule has 0 aromatic heterocycles. The Kier molecular flexibility index (Phi) is 5.58. The number of carbonyl (C=O) groups excluding carboxylic acids is 4. The Morgan fingerprint density at radius 3 is 2.19 bits per heavy atom. The number of fused-ring (bicyclic) bond motifs is 1. The third-order valence-corrected chi connectivity index (χ3v) is 4.99. The number of nitrogens with one attached hydrogen (secondary N) is 1. The van der Waals surface area contributed by atoms with E-state index < -0.39 is 30.4 Å². The Labute approximate surface area is 158 Å². The van der Waals surface area contributed by atoms with E-state index in [2.05, 4.69) is 5.32 Å². The van der Waals surface area contributed by atoms with Crippen LogP contribution in [0.5, 0.6) is 0 Å². The summed E-state index contributed by atoms with van der Waals surface area (Å²) >= 11 is 0. The third kappa shape index (κ3) is 4.02. The van der Waals surface area contributed by atoms with Gasteiger partial charge in [-0.1, -0.05) is 38.8 Å². The standard InChI is InChI=1S/C20H24N2O5/c1-12(2)17(18(24)21-13-7-3-4-8-13)27-16(23)11-22-19(25)14-9-5-6-10-15(14)20(22)26/h5-6,9-10,12-13,17H,3-4,7-8,11H2,1-2H3,(H,21,24)/t17-/m1/s1. The molecule has 1 atom stereocenters. The average Bonchev–Trinajstić information content (AvgIpc) is 3.22. The van der Waals surface area contributed by atoms with E-state index in [-0.39, 0.29) is 29.0 Å². The minimum absolute atomic E-state index is 0.119. The highest BCUT2D eigenvalue weighted by Crippen LogP contribution is 2.23. The first kappa shape index (κ1) is 19.1. The zero-order valence-electron chi connectivity index (χ0n) is 15.6. The summed E-state index contributed by atoms with van der Waals surface area (Å²) in [6, 6.07) is 6.54. The second-order valence-electron chi connectivity index (χ2n) is 7.39. The Morgan fingerprint density at radius 1 is 1.11 bits per heavy atom. The predicted octanol–water partition coefficient (Wildman–Crippen LogP) is 1.91. The maximum atomic E-state index is 12.5. The predicted molar refractivity (Wildman–Crippen MR) is 96.9 cm³/mol. The van der Waals surface area contributed by atoms with E-state index in [1.165, 1.54) is 0 Å². The summed E-state index contributed by atoms with van der Waals surface area (Å²) < 4.78 is 5.34. The highest BCUT2D eigenvalue weighted by Gasteiger charge is 2.38. The van der Waals surface area contributed by atoms with Gasteiger partial charge in [0.2, 0.25) is 0 Å².